The van der Waals surface area contributed by atoms with Gasteiger partial charge in [-0.3, -0.25) is 14.4 Å². The smallest absolute Gasteiger partial charge is 0.341 e. The zero-order valence-electron chi connectivity index (χ0n) is 42.6. The second-order valence-electron chi connectivity index (χ2n) is 16.2. The Morgan fingerprint density at radius 2 is 0.939 bits per heavy atom. The Bertz CT molecular complexity index is 3310. The van der Waals surface area contributed by atoms with E-state index in [1.54, 1.807) is 117 Å². The number of carbonyl (C=O) groups is 4. The van der Waals surface area contributed by atoms with E-state index in [1.807, 2.05) is 0 Å². The molecule has 0 bridgehead atoms. The molecule has 0 spiro atoms. The van der Waals surface area contributed by atoms with E-state index in [4.69, 9.17) is 111 Å². The lowest BCUT2D eigenvalue weighted by Gasteiger charge is -2.10. The molecule has 1 heterocycles. The van der Waals surface area contributed by atoms with Gasteiger partial charge in [0.15, 0.2) is 24.8 Å². The summed E-state index contributed by atoms with van der Waals surface area (Å²) >= 11 is 55.7. The highest BCUT2D eigenvalue weighted by molar-refractivity contribution is 9.11. The number of ether oxygens (including phenoxy) is 4. The molecule has 3 N–H and O–H groups in total. The summed E-state index contributed by atoms with van der Waals surface area (Å²) in [5.41, 5.74) is 2.11. The minimum atomic E-state index is -3.84. The van der Waals surface area contributed by atoms with Crippen molar-refractivity contribution in [3.05, 3.63) is 186 Å². The van der Waals surface area contributed by atoms with Crippen LogP contribution in [-0.2, 0) is 35.6 Å². The number of aliphatic carboxylic acids is 1. The molecule has 0 atom stereocenters. The molecule has 0 fully saturated rings. The first kappa shape index (κ1) is 72.1. The SMILES string of the molecule is CC(=O)COc1ccc(Br)cc1Cl.Cc1cc(C)nc(NS(=O)(=O)c2ccc(CC(=S)CC(=O)COc3ccc(Br)cc3Cl)cc2)n1.O=C(Cl)COc1ccc(Br)cc1Cl.O=C(O)COc1ccc(Br)cc1Cl.Oc1ccc(Br)cc1Cl. The Morgan fingerprint density at radius 3 is 1.30 bits per heavy atom. The molecule has 0 saturated carbocycles. The lowest BCUT2D eigenvalue weighted by atomic mass is 10.1. The van der Waals surface area contributed by atoms with Gasteiger partial charge in [0.2, 0.25) is 5.95 Å². The number of ketones is 2. The van der Waals surface area contributed by atoms with Gasteiger partial charge < -0.3 is 29.2 Å². The minimum Gasteiger partial charge on any atom is -0.506 e. The van der Waals surface area contributed by atoms with Crippen molar-refractivity contribution in [1.82, 2.24) is 9.97 Å². The van der Waals surface area contributed by atoms with Crippen LogP contribution < -0.4 is 23.7 Å². The van der Waals surface area contributed by atoms with Crippen molar-refractivity contribution in [2.45, 2.75) is 38.5 Å². The van der Waals surface area contributed by atoms with Crippen LogP contribution in [0.25, 0.3) is 0 Å². The first-order valence-corrected chi connectivity index (χ1v) is 30.9. The van der Waals surface area contributed by atoms with Crippen LogP contribution in [-0.4, -0.2) is 82.7 Å². The lowest BCUT2D eigenvalue weighted by molar-refractivity contribution is -0.139. The molecule has 7 aromatic rings. The van der Waals surface area contributed by atoms with E-state index in [0.717, 1.165) is 27.9 Å². The molecule has 6 aromatic carbocycles. The third kappa shape index (κ3) is 28.6. The molecule has 28 heteroatoms. The first-order chi connectivity index (χ1) is 38.5. The number of hydrogen-bond acceptors (Lipinski definition) is 14. The van der Waals surface area contributed by atoms with Crippen molar-refractivity contribution < 1.29 is 56.8 Å². The van der Waals surface area contributed by atoms with Gasteiger partial charge in [-0.25, -0.2) is 27.9 Å². The number of aromatic nitrogens is 2. The molecular formula is C54H44Br5Cl6N3O12S2. The third-order valence-corrected chi connectivity index (χ3v) is 14.9. The van der Waals surface area contributed by atoms with Crippen LogP contribution in [0.3, 0.4) is 0 Å². The van der Waals surface area contributed by atoms with Crippen molar-refractivity contribution in [2.24, 2.45) is 0 Å². The molecule has 15 nitrogen and oxygen atoms in total. The van der Waals surface area contributed by atoms with E-state index >= 15 is 0 Å². The van der Waals surface area contributed by atoms with Crippen LogP contribution in [0.15, 0.2) is 149 Å². The first-order valence-electron chi connectivity index (χ1n) is 22.8. The number of benzene rings is 6. The molecular weight excluding hydrogens is 1560 g/mol. The fourth-order valence-electron chi connectivity index (χ4n) is 5.76. The number of sulfonamides is 1. The quantitative estimate of drug-likeness (QED) is 0.0507. The summed E-state index contributed by atoms with van der Waals surface area (Å²) in [6, 6.07) is 33.4. The summed E-state index contributed by atoms with van der Waals surface area (Å²) in [6.07, 6.45) is 0.420. The molecule has 0 unspecified atom stereocenters. The highest BCUT2D eigenvalue weighted by Crippen LogP contribution is 2.31. The largest absolute Gasteiger partial charge is 0.506 e. The Labute approximate surface area is 550 Å². The normalized spacial score (nSPS) is 10.3. The standard InChI is InChI=1S/C23H21BrClN3O4S2.C9H8BrClO2.C8H5BrCl2O2.C8H6BrClO3.C6H4BrClO/c1-14-9-15(2)27-23(26-14)28-34(30,31)20-6-3-16(4-7-20)10-19(33)12-18(29)13-32-22-8-5-17(24)11-21(22)25;1-6(12)5-13-9-3-2-7(10)4-8(9)11;2*9-5-1-2-7(6(10)3-5)13-4-8(11)12;7-4-1-2-6(9)5(8)3-4/h3-9,11H,10,12-13H2,1-2H3,(H,26,27,28);2-4H,5H2,1H3;1-3H,4H2;1-3H,4H2,(H,11,12);1-3,9H. The zero-order chi connectivity index (χ0) is 61.3. The predicted octanol–water partition coefficient (Wildman–Crippen LogP) is 17.0. The predicted molar refractivity (Wildman–Crippen MR) is 343 cm³/mol. The van der Waals surface area contributed by atoms with Crippen molar-refractivity contribution >= 4 is 205 Å². The number of aromatic hydroxyl groups is 1. The van der Waals surface area contributed by atoms with E-state index in [9.17, 15) is 27.6 Å². The van der Waals surface area contributed by atoms with Gasteiger partial charge in [-0.2, -0.15) is 0 Å². The number of nitrogens with one attached hydrogen (secondary N) is 1. The van der Waals surface area contributed by atoms with Crippen molar-refractivity contribution in [1.29, 1.82) is 0 Å². The number of halogens is 11. The molecule has 436 valence electrons. The van der Waals surface area contributed by atoms with Crippen molar-refractivity contribution in [2.75, 3.05) is 31.1 Å². The fraction of sp³-hybridized carbons (Fsp3) is 0.167. The summed E-state index contributed by atoms with van der Waals surface area (Å²) in [5, 5.41) is 18.8. The van der Waals surface area contributed by atoms with Crippen molar-refractivity contribution in [3.63, 3.8) is 0 Å². The van der Waals surface area contributed by atoms with Crippen molar-refractivity contribution in [3.8, 4) is 28.7 Å². The maximum absolute atomic E-state index is 12.6. The second kappa shape index (κ2) is 36.6. The molecule has 7 rings (SSSR count). The van der Waals surface area contributed by atoms with Crippen LogP contribution in [0.5, 0.6) is 28.7 Å². The number of thiocarbonyl (C=S) groups is 1. The molecule has 0 aliphatic rings. The Morgan fingerprint density at radius 1 is 0.561 bits per heavy atom. The number of phenols is 1. The molecule has 0 aliphatic heterocycles. The van der Waals surface area contributed by atoms with Gasteiger partial charge in [0.25, 0.3) is 15.3 Å². The fourth-order valence-corrected chi connectivity index (χ4v) is 10.7. The third-order valence-electron chi connectivity index (χ3n) is 9.23. The highest BCUT2D eigenvalue weighted by Gasteiger charge is 2.17. The lowest BCUT2D eigenvalue weighted by Crippen LogP contribution is -2.17. The van der Waals surface area contributed by atoms with E-state index in [-0.39, 0.29) is 61.0 Å². The maximum Gasteiger partial charge on any atom is 0.341 e. The van der Waals surface area contributed by atoms with E-state index in [0.29, 0.717) is 70.8 Å². The number of Topliss-reactive ketones (excluding diaryl/α,β-unsaturated/α-hetero) is 2. The van der Waals surface area contributed by atoms with Gasteiger partial charge in [0.1, 0.15) is 42.0 Å². The highest BCUT2D eigenvalue weighted by atomic mass is 79.9. The van der Waals surface area contributed by atoms with E-state index < -0.39 is 21.2 Å². The van der Waals surface area contributed by atoms with Crippen LogP contribution in [0.2, 0.25) is 25.1 Å². The maximum atomic E-state index is 12.6. The van der Waals surface area contributed by atoms with Gasteiger partial charge in [-0.15, -0.1) is 0 Å². The molecule has 0 amide bonds. The number of hydrogen-bond donors (Lipinski definition) is 3. The van der Waals surface area contributed by atoms with Crippen LogP contribution in [0.4, 0.5) is 5.95 Å². The summed E-state index contributed by atoms with van der Waals surface area (Å²) in [6.45, 7) is 4.33. The average molecular weight is 1600 g/mol. The molecule has 0 saturated heterocycles. The van der Waals surface area contributed by atoms with E-state index in [2.05, 4.69) is 94.3 Å². The van der Waals surface area contributed by atoms with Gasteiger partial charge in [0.05, 0.1) is 30.0 Å². The summed E-state index contributed by atoms with van der Waals surface area (Å²) < 4.78 is 52.5. The van der Waals surface area contributed by atoms with Crippen LogP contribution in [0.1, 0.15) is 30.3 Å². The average Bonchev–Trinajstić information content (AvgIpc) is 3.46. The zero-order valence-corrected chi connectivity index (χ0v) is 56.7. The molecule has 0 aliphatic carbocycles. The molecule has 82 heavy (non-hydrogen) atoms. The number of carboxylic acids is 1. The number of nitrogens with zero attached hydrogens (tertiary/aromatic N) is 2. The van der Waals surface area contributed by atoms with Gasteiger partial charge >= 0.3 is 5.97 Å². The number of carbonyl (C=O) groups excluding carboxylic acids is 3. The monoisotopic (exact) mass is 1590 g/mol. The summed E-state index contributed by atoms with van der Waals surface area (Å²) in [4.78, 5) is 52.2. The summed E-state index contributed by atoms with van der Waals surface area (Å²) in [7, 11) is -3.84. The number of carboxylic acid groups (broad SMARTS) is 1. The number of phenolic OH excluding ortho intramolecular Hbond substituents is 1. The van der Waals surface area contributed by atoms with Gasteiger partial charge in [-0.1, -0.05) is 162 Å². The minimum absolute atomic E-state index is 0.0212. The van der Waals surface area contributed by atoms with Gasteiger partial charge in [0, 0.05) is 51.5 Å². The molecule has 1 aromatic heterocycles. The number of anilines is 1. The summed E-state index contributed by atoms with van der Waals surface area (Å²) in [5.74, 6) is 0.651. The second-order valence-corrected chi connectivity index (χ2v) is 25.5. The van der Waals surface area contributed by atoms with Crippen LogP contribution in [0, 0.1) is 13.8 Å². The Balaban J connectivity index is 0.000000302. The number of rotatable bonds is 19. The van der Waals surface area contributed by atoms with Gasteiger partial charge in [-0.05, 0) is 147 Å². The Kier molecular flexibility index (Phi) is 32.2. The number of aryl methyl sites for hydroxylation is 2. The molecule has 0 radical (unpaired) electrons. The topological polar surface area (TPSA) is 218 Å². The van der Waals surface area contributed by atoms with E-state index in [1.165, 1.54) is 25.1 Å². The Hall–Kier alpha value is -4.14. The van der Waals surface area contributed by atoms with Crippen LogP contribution >= 0.6 is 161 Å².